The summed E-state index contributed by atoms with van der Waals surface area (Å²) in [6.45, 7) is 5.33. The summed E-state index contributed by atoms with van der Waals surface area (Å²) in [7, 11) is 1.55. The highest BCUT2D eigenvalue weighted by atomic mass is 19.4. The average molecular weight is 647 g/mol. The fourth-order valence-electron chi connectivity index (χ4n) is 7.31. The molecule has 1 unspecified atom stereocenters. The smallest absolute Gasteiger partial charge is 0.453 e. The van der Waals surface area contributed by atoms with Gasteiger partial charge < -0.3 is 15.0 Å². The molecule has 1 amide bonds. The molecule has 10 nitrogen and oxygen atoms in total. The van der Waals surface area contributed by atoms with Crippen LogP contribution in [0.4, 0.5) is 13.2 Å². The predicted octanol–water partition coefficient (Wildman–Crippen LogP) is 3.44. The van der Waals surface area contributed by atoms with Gasteiger partial charge in [0, 0.05) is 75.9 Å². The number of tetrazole rings is 1. The van der Waals surface area contributed by atoms with Crippen LogP contribution in [0.1, 0.15) is 28.4 Å². The molecule has 47 heavy (non-hydrogen) atoms. The first-order chi connectivity index (χ1) is 22.8. The monoisotopic (exact) mass is 646 g/mol. The van der Waals surface area contributed by atoms with Gasteiger partial charge in [-0.25, -0.2) is 0 Å². The van der Waals surface area contributed by atoms with Crippen molar-refractivity contribution >= 4 is 5.91 Å². The molecule has 0 aliphatic carbocycles. The third-order valence-electron chi connectivity index (χ3n) is 9.64. The number of amides is 1. The van der Waals surface area contributed by atoms with Crippen LogP contribution < -0.4 is 10.1 Å². The maximum absolute atomic E-state index is 13.7. The van der Waals surface area contributed by atoms with E-state index in [2.05, 4.69) is 79.2 Å². The minimum absolute atomic E-state index is 0.0262. The number of hydrogen-bond acceptors (Lipinski definition) is 8. The highest BCUT2D eigenvalue weighted by Crippen LogP contribution is 2.37. The Morgan fingerprint density at radius 2 is 1.66 bits per heavy atom. The Morgan fingerprint density at radius 3 is 2.28 bits per heavy atom. The van der Waals surface area contributed by atoms with E-state index in [1.807, 2.05) is 17.0 Å². The number of nitrogens with zero attached hydrogens (tertiary/aromatic N) is 7. The number of nitrogens with one attached hydrogen (secondary N) is 1. The van der Waals surface area contributed by atoms with Crippen molar-refractivity contribution in [2.24, 2.45) is 5.92 Å². The van der Waals surface area contributed by atoms with Crippen LogP contribution in [-0.4, -0.2) is 106 Å². The lowest BCUT2D eigenvalue weighted by molar-refractivity contribution is -0.146. The summed E-state index contributed by atoms with van der Waals surface area (Å²) in [4.78, 5) is 20.3. The molecule has 7 rings (SSSR count). The molecule has 4 heterocycles. The maximum Gasteiger partial charge on any atom is 0.453 e. The number of aromatic nitrogens is 4. The highest BCUT2D eigenvalue weighted by Gasteiger charge is 2.44. The number of benzene rings is 3. The van der Waals surface area contributed by atoms with Crippen LogP contribution in [0.15, 0.2) is 78.9 Å². The molecular formula is C34H37F3N8O2. The van der Waals surface area contributed by atoms with E-state index >= 15 is 0 Å². The van der Waals surface area contributed by atoms with Crippen molar-refractivity contribution in [1.82, 2.24) is 40.2 Å². The fraction of sp³-hybridized carbons (Fsp3) is 0.412. The zero-order chi connectivity index (χ0) is 32.5. The third kappa shape index (κ3) is 6.34. The summed E-state index contributed by atoms with van der Waals surface area (Å²) in [5, 5.41) is 13.4. The van der Waals surface area contributed by atoms with Gasteiger partial charge in [0.05, 0.1) is 18.7 Å². The van der Waals surface area contributed by atoms with Crippen LogP contribution in [0.5, 0.6) is 5.75 Å². The van der Waals surface area contributed by atoms with Gasteiger partial charge in [-0.05, 0) is 39.8 Å². The Hall–Kier alpha value is -4.33. The van der Waals surface area contributed by atoms with Gasteiger partial charge in [0.15, 0.2) is 0 Å². The Morgan fingerprint density at radius 1 is 0.957 bits per heavy atom. The van der Waals surface area contributed by atoms with Crippen molar-refractivity contribution in [3.63, 3.8) is 0 Å². The van der Waals surface area contributed by atoms with E-state index in [4.69, 9.17) is 4.74 Å². The van der Waals surface area contributed by atoms with Crippen molar-refractivity contribution in [3.05, 3.63) is 101 Å². The fourth-order valence-corrected chi connectivity index (χ4v) is 7.31. The first-order valence-electron chi connectivity index (χ1n) is 15.9. The standard InChI is InChI=1S/C34H37F3N8O2/c1-47-30-13-12-27(45-33(34(35,36)37)39-40-41-45)16-25(30)19-42-20-28-21-43(32(46)26-17-38-18-26)14-15-44(28)29(22-42)31(23-8-4-2-5-9-23)24-10-6-3-7-11-24/h2-13,16,26,28-29,31,38H,14-15,17-22H2,1H3/t28-,29?/m1/s1. The number of hydrogen-bond donors (Lipinski definition) is 1. The number of halogens is 3. The SMILES string of the molecule is COc1ccc(-n2nnnc2C(F)(F)F)cc1CN1CC(C(c2ccccc2)c2ccccc2)N2CCN(C(=O)C3CNC3)C[C@H]2C1. The molecule has 3 aromatic carbocycles. The van der Waals surface area contributed by atoms with Crippen molar-refractivity contribution < 1.29 is 22.7 Å². The Kier molecular flexibility index (Phi) is 8.69. The minimum atomic E-state index is -4.71. The molecule has 4 aromatic rings. The summed E-state index contributed by atoms with van der Waals surface area (Å²) in [5.74, 6) is -0.335. The lowest BCUT2D eigenvalue weighted by Crippen LogP contribution is -2.68. The second kappa shape index (κ2) is 13.1. The number of fused-ring (bicyclic) bond motifs is 1. The summed E-state index contributed by atoms with van der Waals surface area (Å²) in [6.07, 6.45) is -4.71. The first-order valence-corrected chi connectivity index (χ1v) is 15.9. The van der Waals surface area contributed by atoms with Crippen molar-refractivity contribution in [2.45, 2.75) is 30.7 Å². The molecule has 246 valence electrons. The van der Waals surface area contributed by atoms with E-state index in [0.29, 0.717) is 43.2 Å². The second-order valence-corrected chi connectivity index (χ2v) is 12.5. The van der Waals surface area contributed by atoms with Gasteiger partial charge in [-0.1, -0.05) is 60.7 Å². The lowest BCUT2D eigenvalue weighted by atomic mass is 9.81. The van der Waals surface area contributed by atoms with Crippen LogP contribution in [0.2, 0.25) is 0 Å². The molecule has 13 heteroatoms. The normalized spacial score (nSPS) is 21.0. The molecule has 1 N–H and O–H groups in total. The van der Waals surface area contributed by atoms with Gasteiger partial charge >= 0.3 is 6.18 Å². The number of carbonyl (C=O) groups excluding carboxylic acids is 1. The van der Waals surface area contributed by atoms with Crippen LogP contribution in [0.25, 0.3) is 5.69 Å². The van der Waals surface area contributed by atoms with Crippen LogP contribution in [0, 0.1) is 5.92 Å². The van der Waals surface area contributed by atoms with Crippen molar-refractivity contribution in [1.29, 1.82) is 0 Å². The summed E-state index contributed by atoms with van der Waals surface area (Å²) in [6, 6.07) is 26.0. The van der Waals surface area contributed by atoms with E-state index in [0.717, 1.165) is 25.2 Å². The number of rotatable bonds is 8. The molecule has 3 aliphatic rings. The van der Waals surface area contributed by atoms with E-state index in [9.17, 15) is 18.0 Å². The van der Waals surface area contributed by atoms with E-state index in [-0.39, 0.29) is 35.5 Å². The Balaban J connectivity index is 1.24. The van der Waals surface area contributed by atoms with Crippen molar-refractivity contribution in [2.75, 3.05) is 52.9 Å². The number of methoxy groups -OCH3 is 1. The van der Waals surface area contributed by atoms with Gasteiger partial charge in [-0.2, -0.15) is 17.9 Å². The van der Waals surface area contributed by atoms with Crippen LogP contribution >= 0.6 is 0 Å². The third-order valence-corrected chi connectivity index (χ3v) is 9.64. The molecule has 0 radical (unpaired) electrons. The molecule has 2 atom stereocenters. The Bertz CT molecular complexity index is 1640. The molecule has 3 saturated heterocycles. The maximum atomic E-state index is 13.7. The number of piperazine rings is 2. The Labute approximate surface area is 271 Å². The quantitative estimate of drug-likeness (QED) is 0.312. The average Bonchev–Trinajstić information content (AvgIpc) is 3.56. The molecule has 3 aliphatic heterocycles. The van der Waals surface area contributed by atoms with Gasteiger partial charge in [-0.15, -0.1) is 5.10 Å². The predicted molar refractivity (Wildman–Crippen MR) is 168 cm³/mol. The van der Waals surface area contributed by atoms with Crippen LogP contribution in [0.3, 0.4) is 0 Å². The summed E-state index contributed by atoms with van der Waals surface area (Å²) < 4.78 is 47.4. The lowest BCUT2D eigenvalue weighted by Gasteiger charge is -2.54. The zero-order valence-corrected chi connectivity index (χ0v) is 26.1. The van der Waals surface area contributed by atoms with Gasteiger partial charge in [0.25, 0.3) is 5.82 Å². The first kappa shape index (κ1) is 31.3. The van der Waals surface area contributed by atoms with Gasteiger partial charge in [-0.3, -0.25) is 14.6 Å². The molecule has 3 fully saturated rings. The largest absolute Gasteiger partial charge is 0.496 e. The van der Waals surface area contributed by atoms with E-state index < -0.39 is 12.0 Å². The molecule has 0 saturated carbocycles. The molecule has 0 bridgehead atoms. The molecule has 0 spiro atoms. The van der Waals surface area contributed by atoms with E-state index in [1.54, 1.807) is 19.2 Å². The number of carbonyl (C=O) groups is 1. The zero-order valence-electron chi connectivity index (χ0n) is 26.1. The highest BCUT2D eigenvalue weighted by molar-refractivity contribution is 5.80. The number of ether oxygens (including phenoxy) is 1. The van der Waals surface area contributed by atoms with Gasteiger partial charge in [0.2, 0.25) is 5.91 Å². The molecular weight excluding hydrogens is 609 g/mol. The minimum Gasteiger partial charge on any atom is -0.496 e. The van der Waals surface area contributed by atoms with E-state index in [1.165, 1.54) is 17.2 Å². The topological polar surface area (TPSA) is 91.7 Å². The summed E-state index contributed by atoms with van der Waals surface area (Å²) >= 11 is 0. The van der Waals surface area contributed by atoms with Crippen LogP contribution in [-0.2, 0) is 17.5 Å². The summed E-state index contributed by atoms with van der Waals surface area (Å²) in [5.41, 5.74) is 3.34. The van der Waals surface area contributed by atoms with Gasteiger partial charge in [0.1, 0.15) is 5.75 Å². The molecule has 1 aromatic heterocycles. The number of alkyl halides is 3. The van der Waals surface area contributed by atoms with Crippen molar-refractivity contribution in [3.8, 4) is 11.4 Å². The second-order valence-electron chi connectivity index (χ2n) is 12.5.